The molecule has 0 atom stereocenters. The summed E-state index contributed by atoms with van der Waals surface area (Å²) in [5.74, 6) is 1.15. The third kappa shape index (κ3) is 4.24. The van der Waals surface area contributed by atoms with Crippen LogP contribution in [0.2, 0.25) is 0 Å². The SMILES string of the molecule is Cc1ccc(-n2c(C)cc(C(=O)CSc3nnc(-c4cccs4)n3-c3ccccc3)c2C)cc1. The molecule has 0 spiro atoms. The number of aryl methyl sites for hydroxylation is 2. The van der Waals surface area contributed by atoms with Gasteiger partial charge in [-0.3, -0.25) is 9.36 Å². The number of hydrogen-bond donors (Lipinski definition) is 0. The minimum atomic E-state index is 0.0803. The van der Waals surface area contributed by atoms with Gasteiger partial charge in [0, 0.05) is 28.3 Å². The first-order chi connectivity index (χ1) is 16.5. The summed E-state index contributed by atoms with van der Waals surface area (Å²) in [6, 6.07) is 24.4. The number of hydrogen-bond acceptors (Lipinski definition) is 5. The first kappa shape index (κ1) is 22.4. The molecule has 34 heavy (non-hydrogen) atoms. The quantitative estimate of drug-likeness (QED) is 0.191. The number of ketones is 1. The minimum absolute atomic E-state index is 0.0803. The van der Waals surface area contributed by atoms with Gasteiger partial charge in [0.1, 0.15) is 0 Å². The van der Waals surface area contributed by atoms with Gasteiger partial charge in [0.2, 0.25) is 0 Å². The molecule has 0 aliphatic heterocycles. The third-order valence-corrected chi connectivity index (χ3v) is 7.54. The van der Waals surface area contributed by atoms with Crippen LogP contribution in [-0.4, -0.2) is 30.9 Å². The molecular weight excluding hydrogens is 460 g/mol. The van der Waals surface area contributed by atoms with Gasteiger partial charge >= 0.3 is 0 Å². The molecule has 3 heterocycles. The van der Waals surface area contributed by atoms with Gasteiger partial charge < -0.3 is 4.57 Å². The number of thiophene rings is 1. The lowest BCUT2D eigenvalue weighted by Gasteiger charge is -2.10. The van der Waals surface area contributed by atoms with Crippen molar-refractivity contribution in [1.82, 2.24) is 19.3 Å². The third-order valence-electron chi connectivity index (χ3n) is 5.75. The van der Waals surface area contributed by atoms with E-state index in [1.807, 2.05) is 72.3 Å². The second-order valence-electron chi connectivity index (χ2n) is 8.12. The number of benzene rings is 2. The van der Waals surface area contributed by atoms with E-state index in [9.17, 15) is 4.79 Å². The van der Waals surface area contributed by atoms with Crippen molar-refractivity contribution < 1.29 is 4.79 Å². The Kier molecular flexibility index (Phi) is 6.22. The van der Waals surface area contributed by atoms with Gasteiger partial charge in [-0.05, 0) is 62.5 Å². The van der Waals surface area contributed by atoms with E-state index in [1.54, 1.807) is 11.3 Å². The summed E-state index contributed by atoms with van der Waals surface area (Å²) in [6.07, 6.45) is 0. The van der Waals surface area contributed by atoms with Crippen LogP contribution in [0.25, 0.3) is 22.1 Å². The summed E-state index contributed by atoms with van der Waals surface area (Å²) in [7, 11) is 0. The smallest absolute Gasteiger partial charge is 0.196 e. The van der Waals surface area contributed by atoms with Crippen molar-refractivity contribution >= 4 is 28.9 Å². The monoisotopic (exact) mass is 484 g/mol. The highest BCUT2D eigenvalue weighted by atomic mass is 32.2. The van der Waals surface area contributed by atoms with E-state index in [-0.39, 0.29) is 11.5 Å². The average Bonchev–Trinajstić information content (AvgIpc) is 3.58. The van der Waals surface area contributed by atoms with Crippen molar-refractivity contribution in [3.63, 3.8) is 0 Å². The zero-order chi connectivity index (χ0) is 23.7. The Morgan fingerprint density at radius 3 is 2.32 bits per heavy atom. The van der Waals surface area contributed by atoms with Crippen LogP contribution in [0.4, 0.5) is 0 Å². The first-order valence-corrected chi connectivity index (χ1v) is 12.9. The fourth-order valence-corrected chi connectivity index (χ4v) is 5.62. The van der Waals surface area contributed by atoms with Crippen LogP contribution < -0.4 is 0 Å². The van der Waals surface area contributed by atoms with Gasteiger partial charge in [-0.15, -0.1) is 21.5 Å². The molecular formula is C27H24N4OS2. The summed E-state index contributed by atoms with van der Waals surface area (Å²) in [6.45, 7) is 6.12. The molecule has 7 heteroatoms. The first-order valence-electron chi connectivity index (χ1n) is 11.0. The number of nitrogens with zero attached hydrogens (tertiary/aromatic N) is 4. The molecule has 0 aliphatic rings. The minimum Gasteiger partial charge on any atom is -0.318 e. The van der Waals surface area contributed by atoms with Crippen molar-refractivity contribution in [1.29, 1.82) is 0 Å². The second-order valence-corrected chi connectivity index (χ2v) is 10.0. The Labute approximate surface area is 207 Å². The number of Topliss-reactive ketones (excluding diaryl/α,β-unsaturated/α-hetero) is 1. The van der Waals surface area contributed by atoms with Crippen LogP contribution in [-0.2, 0) is 0 Å². The summed E-state index contributed by atoms with van der Waals surface area (Å²) in [4.78, 5) is 14.3. The fraction of sp³-hybridized carbons (Fsp3) is 0.148. The van der Waals surface area contributed by atoms with Crippen molar-refractivity contribution in [2.45, 2.75) is 25.9 Å². The lowest BCUT2D eigenvalue weighted by molar-refractivity contribution is 0.102. The maximum Gasteiger partial charge on any atom is 0.196 e. The molecule has 0 N–H and O–H groups in total. The van der Waals surface area contributed by atoms with Crippen molar-refractivity contribution in [3.05, 3.63) is 101 Å². The Bertz CT molecular complexity index is 1430. The van der Waals surface area contributed by atoms with E-state index in [0.717, 1.165) is 39.0 Å². The molecule has 0 bridgehead atoms. The molecule has 5 aromatic rings. The normalized spacial score (nSPS) is 11.1. The highest BCUT2D eigenvalue weighted by Gasteiger charge is 2.21. The molecule has 5 nitrogen and oxygen atoms in total. The molecule has 0 unspecified atom stereocenters. The number of carbonyl (C=O) groups is 1. The van der Waals surface area contributed by atoms with Gasteiger partial charge in [0.25, 0.3) is 0 Å². The van der Waals surface area contributed by atoms with E-state index in [1.165, 1.54) is 17.3 Å². The molecule has 0 aliphatic carbocycles. The molecule has 0 amide bonds. The molecule has 5 rings (SSSR count). The number of thioether (sulfide) groups is 1. The standard InChI is InChI=1S/C27H24N4OS2/c1-18-11-13-22(14-12-18)30-19(2)16-23(20(30)3)24(32)17-34-27-29-28-26(25-10-7-15-33-25)31(27)21-8-5-4-6-9-21/h4-16H,17H2,1-3H3. The van der Waals surface area contributed by atoms with Crippen molar-refractivity contribution in [2.75, 3.05) is 5.75 Å². The van der Waals surface area contributed by atoms with Crippen LogP contribution in [0.5, 0.6) is 0 Å². The van der Waals surface area contributed by atoms with Crippen LogP contribution in [0.15, 0.2) is 83.3 Å². The van der Waals surface area contributed by atoms with Gasteiger partial charge in [-0.25, -0.2) is 0 Å². The van der Waals surface area contributed by atoms with Crippen LogP contribution >= 0.6 is 23.1 Å². The average molecular weight is 485 g/mol. The number of carbonyl (C=O) groups excluding carboxylic acids is 1. The summed E-state index contributed by atoms with van der Waals surface area (Å²) >= 11 is 3.04. The van der Waals surface area contributed by atoms with Crippen LogP contribution in [0.3, 0.4) is 0 Å². The highest BCUT2D eigenvalue weighted by Crippen LogP contribution is 2.31. The Morgan fingerprint density at radius 2 is 1.62 bits per heavy atom. The van der Waals surface area contributed by atoms with E-state index in [2.05, 4.69) is 46.0 Å². The molecule has 170 valence electrons. The van der Waals surface area contributed by atoms with Gasteiger partial charge in [-0.1, -0.05) is 53.7 Å². The summed E-state index contributed by atoms with van der Waals surface area (Å²) < 4.78 is 4.16. The molecule has 0 saturated heterocycles. The zero-order valence-corrected chi connectivity index (χ0v) is 20.9. The van der Waals surface area contributed by atoms with Gasteiger partial charge in [-0.2, -0.15) is 0 Å². The maximum absolute atomic E-state index is 13.3. The fourth-order valence-electron chi connectivity index (χ4n) is 4.08. The predicted octanol–water partition coefficient (Wildman–Crippen LogP) is 6.69. The Balaban J connectivity index is 1.43. The number of rotatable bonds is 7. The maximum atomic E-state index is 13.3. The summed E-state index contributed by atoms with van der Waals surface area (Å²) in [5, 5.41) is 11.6. The molecule has 2 aromatic carbocycles. The highest BCUT2D eigenvalue weighted by molar-refractivity contribution is 7.99. The second kappa shape index (κ2) is 9.44. The molecule has 0 radical (unpaired) electrons. The van der Waals surface area contributed by atoms with Crippen molar-refractivity contribution in [3.8, 4) is 22.1 Å². The molecule has 3 aromatic heterocycles. The lowest BCUT2D eigenvalue weighted by Crippen LogP contribution is -2.07. The van der Waals surface area contributed by atoms with Gasteiger partial charge in [0.15, 0.2) is 16.8 Å². The van der Waals surface area contributed by atoms with E-state index >= 15 is 0 Å². The van der Waals surface area contributed by atoms with Crippen LogP contribution in [0, 0.1) is 20.8 Å². The lowest BCUT2D eigenvalue weighted by atomic mass is 10.2. The largest absolute Gasteiger partial charge is 0.318 e. The van der Waals surface area contributed by atoms with E-state index in [0.29, 0.717) is 5.16 Å². The Hall–Kier alpha value is -3.42. The van der Waals surface area contributed by atoms with Crippen molar-refractivity contribution in [2.24, 2.45) is 0 Å². The van der Waals surface area contributed by atoms with Crippen LogP contribution in [0.1, 0.15) is 27.3 Å². The molecule has 0 saturated carbocycles. The topological polar surface area (TPSA) is 52.7 Å². The summed E-state index contributed by atoms with van der Waals surface area (Å²) in [5.41, 5.74) is 6.00. The van der Waals surface area contributed by atoms with Gasteiger partial charge in [0.05, 0.1) is 10.6 Å². The number of para-hydroxylation sites is 1. The molecule has 0 fully saturated rings. The van der Waals surface area contributed by atoms with E-state index in [4.69, 9.17) is 0 Å². The zero-order valence-electron chi connectivity index (χ0n) is 19.2. The predicted molar refractivity (Wildman–Crippen MR) is 140 cm³/mol. The Morgan fingerprint density at radius 1 is 0.882 bits per heavy atom. The number of aromatic nitrogens is 4. The van der Waals surface area contributed by atoms with E-state index < -0.39 is 0 Å².